The number of fused-ring (bicyclic) bond motifs is 1. The third-order valence-corrected chi connectivity index (χ3v) is 8.30. The van der Waals surface area contributed by atoms with Crippen molar-refractivity contribution in [1.82, 2.24) is 20.1 Å². The molecule has 49 heavy (non-hydrogen) atoms. The Morgan fingerprint density at radius 3 is 2.45 bits per heavy atom. The third-order valence-electron chi connectivity index (χ3n) is 8.30. The Morgan fingerprint density at radius 2 is 1.76 bits per heavy atom. The van der Waals surface area contributed by atoms with E-state index in [1.807, 2.05) is 7.05 Å². The van der Waals surface area contributed by atoms with Gasteiger partial charge in [-0.1, -0.05) is 24.1 Å². The summed E-state index contributed by atoms with van der Waals surface area (Å²) < 4.78 is 68.1. The number of likely N-dealkylation sites (tertiary alicyclic amines) is 1. The molecule has 1 aliphatic heterocycles. The molecule has 0 spiro atoms. The first kappa shape index (κ1) is 40.2. The van der Waals surface area contributed by atoms with Gasteiger partial charge >= 0.3 is 6.18 Å². The Morgan fingerprint density at radius 1 is 1.04 bits per heavy atom. The van der Waals surface area contributed by atoms with Gasteiger partial charge in [-0.15, -0.1) is 0 Å². The minimum absolute atomic E-state index is 0.169. The van der Waals surface area contributed by atoms with Crippen molar-refractivity contribution in [1.29, 1.82) is 0 Å². The summed E-state index contributed by atoms with van der Waals surface area (Å²) in [6.45, 7) is 3.42. The molecule has 0 radical (unpaired) electrons. The molecule has 1 aliphatic carbocycles. The second kappa shape index (κ2) is 21.1. The van der Waals surface area contributed by atoms with E-state index in [4.69, 9.17) is 18.9 Å². The van der Waals surface area contributed by atoms with E-state index >= 15 is 0 Å². The summed E-state index contributed by atoms with van der Waals surface area (Å²) in [5.74, 6) is 6.77. The van der Waals surface area contributed by atoms with Gasteiger partial charge in [-0.2, -0.15) is 13.2 Å². The fourth-order valence-corrected chi connectivity index (χ4v) is 5.96. The van der Waals surface area contributed by atoms with Crippen LogP contribution < -0.4 is 10.6 Å². The number of aldehydes is 1. The van der Waals surface area contributed by atoms with E-state index < -0.39 is 18.8 Å². The van der Waals surface area contributed by atoms with E-state index in [2.05, 4.69) is 39.2 Å². The lowest BCUT2D eigenvalue weighted by Gasteiger charge is -2.36. The maximum atomic E-state index is 13.3. The minimum atomic E-state index is -4.38. The van der Waals surface area contributed by atoms with Crippen LogP contribution in [-0.2, 0) is 35.0 Å². The zero-order valence-corrected chi connectivity index (χ0v) is 29.2. The molecule has 2 N–H and O–H groups in total. The normalized spacial score (nSPS) is 21.2. The number of nitrogens with zero attached hydrogens (tertiary/aromatic N) is 2. The molecule has 0 saturated carbocycles. The molecule has 2 heterocycles. The number of ether oxygens (including phenoxy) is 5. The van der Waals surface area contributed by atoms with Gasteiger partial charge in [0.05, 0.1) is 49.8 Å². The topological polar surface area (TPSA) is 95.5 Å². The molecule has 2 aliphatic rings. The Kier molecular flexibility index (Phi) is 17.3. The number of halogens is 3. The largest absolute Gasteiger partial charge is 0.491 e. The fraction of sp³-hybridized carbons (Fsp3) is 0.583. The van der Waals surface area contributed by atoms with E-state index in [0.717, 1.165) is 25.9 Å². The maximum Gasteiger partial charge on any atom is 0.406 e. The Bertz CT molecular complexity index is 1420. The number of alkyl halides is 3. The number of carbonyl (C=O) groups excluding carboxylic acids is 1. The molecule has 10 nitrogen and oxygen atoms in total. The summed E-state index contributed by atoms with van der Waals surface area (Å²) in [4.78, 5) is 14.1. The number of hydrogen-bond acceptors (Lipinski definition) is 9. The maximum absolute atomic E-state index is 13.3. The SMILES string of the molecule is CNC1CCN(C)CC1CCOCCOCCOC1=CC(NCC#Cc2cc3ccccc3n2CC(F)(F)F)C(OC)C=C1C=O.COC. The van der Waals surface area contributed by atoms with E-state index in [1.165, 1.54) is 11.7 Å². The molecule has 4 atom stereocenters. The standard InChI is InChI=1S/C34H45F3N4O5.C2H6O/c1-38-29-10-13-40(2)22-26(29)11-14-44-15-16-45-17-18-46-32-21-30(33(43-3)20-27(32)23-42)39-12-6-8-28-19-25-7-4-5-9-31(25)41(28)24-34(35,36)37;1-3-2/h4-5,7,9,19-21,23,26,29-30,33,38-39H,10-18,22,24H2,1-3H3;1-2H3. The fourth-order valence-electron chi connectivity index (χ4n) is 5.96. The van der Waals surface area contributed by atoms with Crippen LogP contribution in [0.5, 0.6) is 0 Å². The number of carbonyl (C=O) groups is 1. The predicted octanol–water partition coefficient (Wildman–Crippen LogP) is 3.79. The molecule has 2 aromatic rings. The number of rotatable bonds is 16. The van der Waals surface area contributed by atoms with Gasteiger partial charge in [-0.25, -0.2) is 0 Å². The van der Waals surface area contributed by atoms with Crippen LogP contribution in [0.2, 0.25) is 0 Å². The number of aromatic nitrogens is 1. The molecular formula is C36H51F3N4O6. The number of hydrogen-bond donors (Lipinski definition) is 2. The van der Waals surface area contributed by atoms with Crippen molar-refractivity contribution in [2.24, 2.45) is 5.92 Å². The van der Waals surface area contributed by atoms with Crippen molar-refractivity contribution >= 4 is 17.2 Å². The Hall–Kier alpha value is -3.22. The quantitative estimate of drug-likeness (QED) is 0.155. The van der Waals surface area contributed by atoms with Crippen LogP contribution in [0.4, 0.5) is 13.2 Å². The second-order valence-electron chi connectivity index (χ2n) is 11.9. The number of para-hydroxylation sites is 1. The zero-order valence-electron chi connectivity index (χ0n) is 29.2. The zero-order chi connectivity index (χ0) is 35.6. The average molecular weight is 693 g/mol. The highest BCUT2D eigenvalue weighted by Crippen LogP contribution is 2.26. The van der Waals surface area contributed by atoms with Crippen LogP contribution in [-0.4, -0.2) is 128 Å². The molecule has 4 unspecified atom stereocenters. The summed E-state index contributed by atoms with van der Waals surface area (Å²) in [6, 6.07) is 8.69. The molecule has 0 amide bonds. The molecular weight excluding hydrogens is 641 g/mol. The van der Waals surface area contributed by atoms with Crippen molar-refractivity contribution < 1.29 is 41.7 Å². The van der Waals surface area contributed by atoms with Crippen LogP contribution in [0.15, 0.2) is 53.8 Å². The lowest BCUT2D eigenvalue weighted by atomic mass is 9.90. The molecule has 1 aromatic heterocycles. The van der Waals surface area contributed by atoms with Gasteiger partial charge < -0.3 is 38.5 Å². The second-order valence-corrected chi connectivity index (χ2v) is 11.9. The first-order chi connectivity index (χ1) is 23.6. The molecule has 272 valence electrons. The summed E-state index contributed by atoms with van der Waals surface area (Å²) >= 11 is 0. The first-order valence-electron chi connectivity index (χ1n) is 16.5. The summed E-state index contributed by atoms with van der Waals surface area (Å²) in [6.07, 6.45) is 1.45. The van der Waals surface area contributed by atoms with Crippen molar-refractivity contribution in [3.8, 4) is 11.8 Å². The Labute approximate surface area is 287 Å². The first-order valence-corrected chi connectivity index (χ1v) is 16.5. The lowest BCUT2D eigenvalue weighted by molar-refractivity contribution is -0.140. The summed E-state index contributed by atoms with van der Waals surface area (Å²) in [5, 5.41) is 7.34. The highest BCUT2D eigenvalue weighted by molar-refractivity contribution is 5.82. The van der Waals surface area contributed by atoms with Gasteiger partial charge in [0.25, 0.3) is 0 Å². The van der Waals surface area contributed by atoms with Crippen LogP contribution in [0, 0.1) is 17.8 Å². The van der Waals surface area contributed by atoms with Crippen molar-refractivity contribution in [3.05, 3.63) is 59.5 Å². The van der Waals surface area contributed by atoms with Crippen LogP contribution in [0.3, 0.4) is 0 Å². The molecule has 1 fully saturated rings. The minimum Gasteiger partial charge on any atom is -0.491 e. The highest BCUT2D eigenvalue weighted by atomic mass is 19.4. The van der Waals surface area contributed by atoms with E-state index in [1.54, 1.807) is 56.7 Å². The van der Waals surface area contributed by atoms with Gasteiger partial charge in [-0.3, -0.25) is 10.1 Å². The molecule has 4 rings (SSSR count). The number of allylic oxidation sites excluding steroid dienone is 1. The van der Waals surface area contributed by atoms with Crippen molar-refractivity contribution in [2.45, 2.75) is 43.8 Å². The average Bonchev–Trinajstić information content (AvgIpc) is 3.41. The van der Waals surface area contributed by atoms with E-state index in [-0.39, 0.29) is 24.9 Å². The van der Waals surface area contributed by atoms with Gasteiger partial charge in [0, 0.05) is 51.4 Å². The van der Waals surface area contributed by atoms with Gasteiger partial charge in [0.1, 0.15) is 18.9 Å². The van der Waals surface area contributed by atoms with Gasteiger partial charge in [-0.05, 0) is 69.6 Å². The molecule has 0 bridgehead atoms. The predicted molar refractivity (Wildman–Crippen MR) is 183 cm³/mol. The van der Waals surface area contributed by atoms with Crippen LogP contribution >= 0.6 is 0 Å². The molecule has 1 aromatic carbocycles. The van der Waals surface area contributed by atoms with Crippen molar-refractivity contribution in [3.63, 3.8) is 0 Å². The number of nitrogens with one attached hydrogen (secondary N) is 2. The number of methoxy groups -OCH3 is 2. The van der Waals surface area contributed by atoms with E-state index in [9.17, 15) is 18.0 Å². The summed E-state index contributed by atoms with van der Waals surface area (Å²) in [7, 11) is 8.96. The molecule has 13 heteroatoms. The number of piperidine rings is 1. The van der Waals surface area contributed by atoms with Crippen molar-refractivity contribution in [2.75, 3.05) is 88.1 Å². The van der Waals surface area contributed by atoms with Gasteiger partial charge in [0.15, 0.2) is 6.29 Å². The highest BCUT2D eigenvalue weighted by Gasteiger charge is 2.30. The Balaban J connectivity index is 0.00000209. The van der Waals surface area contributed by atoms with Crippen LogP contribution in [0.25, 0.3) is 10.9 Å². The molecule has 1 saturated heterocycles. The lowest BCUT2D eigenvalue weighted by Crippen LogP contribution is -2.47. The smallest absolute Gasteiger partial charge is 0.406 e. The van der Waals surface area contributed by atoms with E-state index in [0.29, 0.717) is 66.9 Å². The third kappa shape index (κ3) is 13.2. The summed E-state index contributed by atoms with van der Waals surface area (Å²) in [5.41, 5.74) is 1.12. The van der Waals surface area contributed by atoms with Crippen LogP contribution in [0.1, 0.15) is 18.5 Å². The monoisotopic (exact) mass is 692 g/mol. The van der Waals surface area contributed by atoms with Gasteiger partial charge in [0.2, 0.25) is 0 Å². The number of benzene rings is 1.